The van der Waals surface area contributed by atoms with Crippen LogP contribution in [0.15, 0.2) is 36.7 Å². The van der Waals surface area contributed by atoms with E-state index in [-0.39, 0.29) is 5.91 Å². The minimum absolute atomic E-state index is 0.132. The molecule has 1 amide bonds. The number of fused-ring (bicyclic) bond motifs is 1. The van der Waals surface area contributed by atoms with Crippen molar-refractivity contribution in [3.05, 3.63) is 36.7 Å². The molecule has 20 heavy (non-hydrogen) atoms. The molecule has 1 aromatic heterocycles. The van der Waals surface area contributed by atoms with Crippen LogP contribution in [-0.2, 0) is 11.3 Å². The Morgan fingerprint density at radius 1 is 1.50 bits per heavy atom. The molecule has 1 atom stereocenters. The van der Waals surface area contributed by atoms with Gasteiger partial charge in [0.1, 0.15) is 5.75 Å². The van der Waals surface area contributed by atoms with Gasteiger partial charge in [-0.15, -0.1) is 5.10 Å². The fraction of sp³-hybridized carbons (Fsp3) is 0.308. The first-order valence-corrected chi connectivity index (χ1v) is 6.44. The Hall–Kier alpha value is -2.57. The molecule has 7 nitrogen and oxygen atoms in total. The lowest BCUT2D eigenvalue weighted by Gasteiger charge is -2.26. The lowest BCUT2D eigenvalue weighted by Crippen LogP contribution is -2.45. The van der Waals surface area contributed by atoms with Crippen molar-refractivity contribution in [3.8, 4) is 5.75 Å². The SMILES string of the molecule is O=C(NCCn1ccnn1)C1CNc2ccccc2O1. The third kappa shape index (κ3) is 2.71. The number of aromatic nitrogens is 3. The molecule has 0 bridgehead atoms. The van der Waals surface area contributed by atoms with Gasteiger partial charge in [0.2, 0.25) is 0 Å². The number of benzene rings is 1. The number of rotatable bonds is 4. The van der Waals surface area contributed by atoms with Gasteiger partial charge in [-0.3, -0.25) is 9.48 Å². The van der Waals surface area contributed by atoms with Crippen molar-refractivity contribution in [2.45, 2.75) is 12.6 Å². The van der Waals surface area contributed by atoms with Gasteiger partial charge >= 0.3 is 0 Å². The Labute approximate surface area is 115 Å². The van der Waals surface area contributed by atoms with E-state index in [0.717, 1.165) is 5.69 Å². The number of nitrogens with zero attached hydrogens (tertiary/aromatic N) is 3. The number of carbonyl (C=O) groups excluding carboxylic acids is 1. The standard InChI is InChI=1S/C13H15N5O2/c19-13(14-5-7-18-8-6-16-17-18)12-9-15-10-3-1-2-4-11(10)20-12/h1-4,6,8,12,15H,5,7,9H2,(H,14,19). The van der Waals surface area contributed by atoms with E-state index in [1.54, 1.807) is 17.1 Å². The van der Waals surface area contributed by atoms with Gasteiger partial charge in [-0.1, -0.05) is 17.3 Å². The van der Waals surface area contributed by atoms with E-state index in [1.807, 2.05) is 24.3 Å². The van der Waals surface area contributed by atoms with E-state index < -0.39 is 6.10 Å². The summed E-state index contributed by atoms with van der Waals surface area (Å²) in [6.45, 7) is 1.54. The van der Waals surface area contributed by atoms with Crippen molar-refractivity contribution < 1.29 is 9.53 Å². The fourth-order valence-corrected chi connectivity index (χ4v) is 2.02. The predicted molar refractivity (Wildman–Crippen MR) is 72.4 cm³/mol. The van der Waals surface area contributed by atoms with Crippen LogP contribution in [0.1, 0.15) is 0 Å². The highest BCUT2D eigenvalue weighted by Crippen LogP contribution is 2.27. The van der Waals surface area contributed by atoms with E-state index in [2.05, 4.69) is 20.9 Å². The van der Waals surface area contributed by atoms with Crippen molar-refractivity contribution in [1.29, 1.82) is 0 Å². The monoisotopic (exact) mass is 273 g/mol. The quantitative estimate of drug-likeness (QED) is 0.835. The van der Waals surface area contributed by atoms with Crippen molar-refractivity contribution >= 4 is 11.6 Å². The molecular formula is C13H15N5O2. The first-order valence-electron chi connectivity index (χ1n) is 6.44. The zero-order chi connectivity index (χ0) is 13.8. The van der Waals surface area contributed by atoms with Gasteiger partial charge in [-0.05, 0) is 12.1 Å². The number of carbonyl (C=O) groups is 1. The maximum Gasteiger partial charge on any atom is 0.263 e. The van der Waals surface area contributed by atoms with E-state index in [1.165, 1.54) is 0 Å². The highest BCUT2D eigenvalue weighted by atomic mass is 16.5. The molecule has 1 aromatic carbocycles. The van der Waals surface area contributed by atoms with Crippen molar-refractivity contribution in [2.24, 2.45) is 0 Å². The average molecular weight is 273 g/mol. The molecule has 0 radical (unpaired) electrons. The highest BCUT2D eigenvalue weighted by molar-refractivity contribution is 5.83. The summed E-state index contributed by atoms with van der Waals surface area (Å²) in [7, 11) is 0. The number of nitrogens with one attached hydrogen (secondary N) is 2. The number of amides is 1. The normalized spacial score (nSPS) is 16.7. The van der Waals surface area contributed by atoms with Gasteiger partial charge in [-0.25, -0.2) is 0 Å². The van der Waals surface area contributed by atoms with Gasteiger partial charge in [0.05, 0.1) is 25.0 Å². The maximum atomic E-state index is 12.0. The smallest absolute Gasteiger partial charge is 0.263 e. The van der Waals surface area contributed by atoms with Gasteiger partial charge in [0, 0.05) is 12.7 Å². The van der Waals surface area contributed by atoms with Crippen LogP contribution in [0.3, 0.4) is 0 Å². The lowest BCUT2D eigenvalue weighted by molar-refractivity contribution is -0.127. The third-order valence-corrected chi connectivity index (χ3v) is 3.04. The average Bonchev–Trinajstić information content (AvgIpc) is 3.00. The summed E-state index contributed by atoms with van der Waals surface area (Å²) in [4.78, 5) is 12.0. The molecule has 104 valence electrons. The van der Waals surface area contributed by atoms with Gasteiger partial charge in [-0.2, -0.15) is 0 Å². The van der Waals surface area contributed by atoms with E-state index in [0.29, 0.717) is 25.4 Å². The van der Waals surface area contributed by atoms with Crippen LogP contribution in [0.4, 0.5) is 5.69 Å². The summed E-state index contributed by atoms with van der Waals surface area (Å²) in [5, 5.41) is 13.5. The van der Waals surface area contributed by atoms with Crippen LogP contribution >= 0.6 is 0 Å². The van der Waals surface area contributed by atoms with Crippen LogP contribution in [0.5, 0.6) is 5.75 Å². The van der Waals surface area contributed by atoms with Gasteiger partial charge < -0.3 is 15.4 Å². The Bertz CT molecular complexity index is 584. The topological polar surface area (TPSA) is 81.1 Å². The molecule has 0 saturated carbocycles. The first-order chi connectivity index (χ1) is 9.83. The molecule has 1 aliphatic rings. The highest BCUT2D eigenvalue weighted by Gasteiger charge is 2.25. The minimum Gasteiger partial charge on any atom is -0.477 e. The third-order valence-electron chi connectivity index (χ3n) is 3.04. The van der Waals surface area contributed by atoms with Crippen LogP contribution in [0.2, 0.25) is 0 Å². The lowest BCUT2D eigenvalue weighted by atomic mass is 10.2. The second-order valence-corrected chi connectivity index (χ2v) is 4.44. The summed E-state index contributed by atoms with van der Waals surface area (Å²) in [5.41, 5.74) is 0.916. The molecule has 2 N–H and O–H groups in total. The van der Waals surface area contributed by atoms with Crippen LogP contribution in [0, 0.1) is 0 Å². The second-order valence-electron chi connectivity index (χ2n) is 4.44. The molecule has 7 heteroatoms. The van der Waals surface area contributed by atoms with Crippen LogP contribution in [-0.4, -0.2) is 40.1 Å². The molecule has 1 unspecified atom stereocenters. The maximum absolute atomic E-state index is 12.0. The Balaban J connectivity index is 1.51. The molecule has 0 aliphatic carbocycles. The van der Waals surface area contributed by atoms with Gasteiger partial charge in [0.15, 0.2) is 6.10 Å². The summed E-state index contributed by atoms with van der Waals surface area (Å²) in [6.07, 6.45) is 2.84. The summed E-state index contributed by atoms with van der Waals surface area (Å²) >= 11 is 0. The number of ether oxygens (including phenoxy) is 1. The fourth-order valence-electron chi connectivity index (χ4n) is 2.02. The Kier molecular flexibility index (Phi) is 3.49. The largest absolute Gasteiger partial charge is 0.477 e. The number of hydrogen-bond acceptors (Lipinski definition) is 5. The molecule has 2 aromatic rings. The minimum atomic E-state index is -0.513. The predicted octanol–water partition coefficient (Wildman–Crippen LogP) is 0.267. The van der Waals surface area contributed by atoms with E-state index >= 15 is 0 Å². The Morgan fingerprint density at radius 3 is 3.25 bits per heavy atom. The van der Waals surface area contributed by atoms with Crippen molar-refractivity contribution in [1.82, 2.24) is 20.3 Å². The zero-order valence-electron chi connectivity index (χ0n) is 10.8. The summed E-state index contributed by atoms with van der Waals surface area (Å²) in [6, 6.07) is 7.57. The van der Waals surface area contributed by atoms with Crippen LogP contribution < -0.4 is 15.4 Å². The van der Waals surface area contributed by atoms with Crippen LogP contribution in [0.25, 0.3) is 0 Å². The number of hydrogen-bond donors (Lipinski definition) is 2. The molecule has 3 rings (SSSR count). The van der Waals surface area contributed by atoms with Crippen molar-refractivity contribution in [3.63, 3.8) is 0 Å². The second kappa shape index (κ2) is 5.60. The molecule has 2 heterocycles. The number of para-hydroxylation sites is 2. The molecule has 0 saturated heterocycles. The van der Waals surface area contributed by atoms with E-state index in [9.17, 15) is 4.79 Å². The summed E-state index contributed by atoms with van der Waals surface area (Å²) in [5.74, 6) is 0.572. The molecule has 0 fully saturated rings. The number of anilines is 1. The zero-order valence-corrected chi connectivity index (χ0v) is 10.8. The Morgan fingerprint density at radius 2 is 2.40 bits per heavy atom. The van der Waals surface area contributed by atoms with Gasteiger partial charge in [0.25, 0.3) is 5.91 Å². The molecule has 1 aliphatic heterocycles. The molecule has 0 spiro atoms. The van der Waals surface area contributed by atoms with E-state index in [4.69, 9.17) is 4.74 Å². The molecular weight excluding hydrogens is 258 g/mol. The first kappa shape index (κ1) is 12.5. The summed E-state index contributed by atoms with van der Waals surface area (Å²) < 4.78 is 7.33. The van der Waals surface area contributed by atoms with Crippen molar-refractivity contribution in [2.75, 3.05) is 18.4 Å².